The molecule has 3 heterocycles. The van der Waals surface area contributed by atoms with E-state index >= 15 is 0 Å². The second kappa shape index (κ2) is 14.7. The molecule has 9 aromatic carbocycles. The molecule has 0 aliphatic carbocycles. The summed E-state index contributed by atoms with van der Waals surface area (Å²) in [7, 11) is 0. The van der Waals surface area contributed by atoms with Gasteiger partial charge in [0.25, 0.3) is 0 Å². The topological polar surface area (TPSA) is 56.7 Å². The molecule has 0 unspecified atom stereocenters. The Balaban J connectivity index is 0.995. The Hall–Kier alpha value is -8.41. The Kier molecular flexibility index (Phi) is 8.42. The minimum Gasteiger partial charge on any atom is -0.456 e. The average Bonchev–Trinajstić information content (AvgIpc) is 3.88. The van der Waals surface area contributed by atoms with Gasteiger partial charge in [-0.3, -0.25) is 0 Å². The molecule has 0 saturated carbocycles. The summed E-state index contributed by atoms with van der Waals surface area (Å²) in [6.45, 7) is 0. The zero-order valence-electron chi connectivity index (χ0n) is 33.5. The summed E-state index contributed by atoms with van der Waals surface area (Å²) in [4.78, 5) is 15.4. The van der Waals surface area contributed by atoms with Gasteiger partial charge in [0.05, 0.1) is 11.0 Å². The first-order chi connectivity index (χ1) is 30.7. The van der Waals surface area contributed by atoms with Gasteiger partial charge in [-0.2, -0.15) is 0 Å². The number of benzene rings is 9. The smallest absolute Gasteiger partial charge is 0.164 e. The van der Waals surface area contributed by atoms with Gasteiger partial charge in [-0.25, -0.2) is 15.0 Å². The molecule has 0 amide bonds. The van der Waals surface area contributed by atoms with Crippen LogP contribution in [-0.2, 0) is 0 Å². The van der Waals surface area contributed by atoms with Gasteiger partial charge in [-0.15, -0.1) is 0 Å². The van der Waals surface area contributed by atoms with Gasteiger partial charge in [0.2, 0.25) is 0 Å². The van der Waals surface area contributed by atoms with E-state index in [-0.39, 0.29) is 0 Å². The molecule has 0 N–H and O–H groups in total. The van der Waals surface area contributed by atoms with E-state index in [0.717, 1.165) is 83.0 Å². The molecule has 0 fully saturated rings. The lowest BCUT2D eigenvalue weighted by atomic mass is 10.0. The predicted octanol–water partition coefficient (Wildman–Crippen LogP) is 14.9. The number of hydrogen-bond acceptors (Lipinski definition) is 4. The van der Waals surface area contributed by atoms with Crippen LogP contribution in [0, 0.1) is 0 Å². The summed E-state index contributed by atoms with van der Waals surface area (Å²) >= 11 is 0. The van der Waals surface area contributed by atoms with E-state index in [1.807, 2.05) is 24.3 Å². The van der Waals surface area contributed by atoms with Gasteiger partial charge in [-0.1, -0.05) is 170 Å². The van der Waals surface area contributed by atoms with E-state index in [9.17, 15) is 0 Å². The molecule has 0 aliphatic heterocycles. The van der Waals surface area contributed by atoms with E-state index in [1.54, 1.807) is 0 Å². The molecule has 12 rings (SSSR count). The Morgan fingerprint density at radius 2 is 0.694 bits per heavy atom. The minimum absolute atomic E-state index is 0.592. The van der Waals surface area contributed by atoms with Crippen LogP contribution in [0.2, 0.25) is 0 Å². The normalized spacial score (nSPS) is 11.5. The van der Waals surface area contributed by atoms with Crippen molar-refractivity contribution >= 4 is 43.7 Å². The van der Waals surface area contributed by atoms with Crippen molar-refractivity contribution in [2.24, 2.45) is 0 Å². The maximum absolute atomic E-state index is 6.60. The molecule has 290 valence electrons. The van der Waals surface area contributed by atoms with Crippen molar-refractivity contribution in [2.75, 3.05) is 0 Å². The van der Waals surface area contributed by atoms with Crippen LogP contribution < -0.4 is 0 Å². The van der Waals surface area contributed by atoms with Crippen LogP contribution in [0.4, 0.5) is 0 Å². The first kappa shape index (κ1) is 35.5. The van der Waals surface area contributed by atoms with Gasteiger partial charge in [0.15, 0.2) is 17.5 Å². The highest BCUT2D eigenvalue weighted by Gasteiger charge is 2.19. The van der Waals surface area contributed by atoms with Crippen molar-refractivity contribution in [2.45, 2.75) is 0 Å². The predicted molar refractivity (Wildman–Crippen MR) is 254 cm³/mol. The molecule has 62 heavy (non-hydrogen) atoms. The van der Waals surface area contributed by atoms with Gasteiger partial charge in [0, 0.05) is 43.9 Å². The highest BCUT2D eigenvalue weighted by molar-refractivity contribution is 6.17. The third-order valence-corrected chi connectivity index (χ3v) is 11.9. The van der Waals surface area contributed by atoms with Crippen LogP contribution in [0.15, 0.2) is 223 Å². The highest BCUT2D eigenvalue weighted by Crippen LogP contribution is 2.40. The number of furan rings is 1. The monoisotopic (exact) mass is 792 g/mol. The lowest BCUT2D eigenvalue weighted by Crippen LogP contribution is -2.00. The van der Waals surface area contributed by atoms with Crippen LogP contribution in [0.5, 0.6) is 0 Å². The molecule has 0 radical (unpaired) electrons. The van der Waals surface area contributed by atoms with Gasteiger partial charge < -0.3 is 8.98 Å². The summed E-state index contributed by atoms with van der Waals surface area (Å²) in [6.07, 6.45) is 0. The van der Waals surface area contributed by atoms with Gasteiger partial charge in [0.1, 0.15) is 11.2 Å². The van der Waals surface area contributed by atoms with Gasteiger partial charge >= 0.3 is 0 Å². The Labute approximate surface area is 357 Å². The van der Waals surface area contributed by atoms with Gasteiger partial charge in [-0.05, 0) is 81.9 Å². The van der Waals surface area contributed by atoms with Crippen molar-refractivity contribution < 1.29 is 4.42 Å². The SMILES string of the molecule is c1ccc(-c2ccc(-c3nc(-c4ccc(-c5ccccc5)cc4)nc(-c4ccc5oc6cc7c8ccccc8n(-c8ccc(-c9ccccc9)cc8)c7cc6c5c4)n3)cc2)cc1. The molecule has 5 nitrogen and oxygen atoms in total. The number of rotatable bonds is 7. The minimum atomic E-state index is 0.592. The van der Waals surface area contributed by atoms with Crippen LogP contribution in [0.1, 0.15) is 0 Å². The molecule has 0 atom stereocenters. The molecule has 0 saturated heterocycles. The summed E-state index contributed by atoms with van der Waals surface area (Å²) < 4.78 is 8.96. The first-order valence-corrected chi connectivity index (χ1v) is 20.8. The summed E-state index contributed by atoms with van der Waals surface area (Å²) in [6, 6.07) is 76.3. The number of nitrogens with zero attached hydrogens (tertiary/aromatic N) is 4. The van der Waals surface area contributed by atoms with E-state index in [0.29, 0.717) is 17.5 Å². The summed E-state index contributed by atoms with van der Waals surface area (Å²) in [5.74, 6) is 1.81. The molecule has 5 heteroatoms. The summed E-state index contributed by atoms with van der Waals surface area (Å²) in [5.41, 5.74) is 14.7. The lowest BCUT2D eigenvalue weighted by Gasteiger charge is -2.10. The number of para-hydroxylation sites is 1. The molecular formula is C57H36N4O. The van der Waals surface area contributed by atoms with Crippen molar-refractivity contribution in [1.29, 1.82) is 0 Å². The van der Waals surface area contributed by atoms with Crippen LogP contribution in [0.25, 0.3) is 117 Å². The fourth-order valence-corrected chi connectivity index (χ4v) is 8.74. The molecule has 0 bridgehead atoms. The van der Waals surface area contributed by atoms with Crippen molar-refractivity contribution in [3.8, 4) is 73.2 Å². The molecule has 0 aliphatic rings. The van der Waals surface area contributed by atoms with Crippen LogP contribution >= 0.6 is 0 Å². The Morgan fingerprint density at radius 3 is 1.24 bits per heavy atom. The van der Waals surface area contributed by atoms with Crippen molar-refractivity contribution in [1.82, 2.24) is 19.5 Å². The molecule has 12 aromatic rings. The highest BCUT2D eigenvalue weighted by atomic mass is 16.3. The Bertz CT molecular complexity index is 3480. The number of hydrogen-bond donors (Lipinski definition) is 0. The fourth-order valence-electron chi connectivity index (χ4n) is 8.74. The van der Waals surface area contributed by atoms with Crippen molar-refractivity contribution in [3.63, 3.8) is 0 Å². The zero-order chi connectivity index (χ0) is 41.0. The average molecular weight is 793 g/mol. The number of aromatic nitrogens is 4. The molecule has 3 aromatic heterocycles. The van der Waals surface area contributed by atoms with Crippen LogP contribution in [-0.4, -0.2) is 19.5 Å². The quantitative estimate of drug-likeness (QED) is 0.161. The summed E-state index contributed by atoms with van der Waals surface area (Å²) in [5, 5.41) is 4.35. The third kappa shape index (κ3) is 6.23. The molecule has 0 spiro atoms. The van der Waals surface area contributed by atoms with E-state index in [4.69, 9.17) is 19.4 Å². The zero-order valence-corrected chi connectivity index (χ0v) is 33.5. The Morgan fingerprint density at radius 1 is 0.274 bits per heavy atom. The van der Waals surface area contributed by atoms with Crippen molar-refractivity contribution in [3.05, 3.63) is 218 Å². The maximum atomic E-state index is 6.60. The van der Waals surface area contributed by atoms with E-state index in [1.165, 1.54) is 16.5 Å². The third-order valence-electron chi connectivity index (χ3n) is 11.9. The second-order valence-electron chi connectivity index (χ2n) is 15.6. The van der Waals surface area contributed by atoms with E-state index in [2.05, 4.69) is 199 Å². The molecular weight excluding hydrogens is 757 g/mol. The lowest BCUT2D eigenvalue weighted by molar-refractivity contribution is 0.669. The van der Waals surface area contributed by atoms with E-state index < -0.39 is 0 Å². The fraction of sp³-hybridized carbons (Fsp3) is 0. The standard InChI is InChI=1S/C57H36N4O/c1-4-12-37(13-5-1)40-20-24-43(25-21-40)55-58-56(44-26-22-41(23-27-44)38-14-6-2-7-15-38)60-57(59-55)45-30-33-53-49(34-45)50-35-52-48(36-54(50)62-53)47-18-10-11-19-51(47)61(52)46-31-28-42(29-32-46)39-16-8-3-9-17-39/h1-36H. The largest absolute Gasteiger partial charge is 0.456 e. The number of fused-ring (bicyclic) bond motifs is 6. The second-order valence-corrected chi connectivity index (χ2v) is 15.6. The maximum Gasteiger partial charge on any atom is 0.164 e. The van der Waals surface area contributed by atoms with Crippen LogP contribution in [0.3, 0.4) is 0 Å². The first-order valence-electron chi connectivity index (χ1n) is 20.8.